The number of amides is 1. The molecule has 3 nitrogen and oxygen atoms in total. The van der Waals surface area contributed by atoms with Gasteiger partial charge in [-0.25, -0.2) is 4.79 Å². The van der Waals surface area contributed by atoms with Crippen LogP contribution in [0.25, 0.3) is 0 Å². The molecule has 0 saturated carbocycles. The number of hydrogen-bond donors (Lipinski definition) is 0. The van der Waals surface area contributed by atoms with Gasteiger partial charge in [-0.1, -0.05) is 15.9 Å². The molecule has 1 saturated heterocycles. The van der Waals surface area contributed by atoms with Crippen molar-refractivity contribution in [1.29, 1.82) is 0 Å². The van der Waals surface area contributed by atoms with E-state index in [1.165, 1.54) is 4.90 Å². The fourth-order valence-corrected chi connectivity index (χ4v) is 2.69. The molecule has 1 fully saturated rings. The van der Waals surface area contributed by atoms with Gasteiger partial charge in [-0.2, -0.15) is 13.2 Å². The van der Waals surface area contributed by atoms with Crippen LogP contribution in [0.15, 0.2) is 22.7 Å². The van der Waals surface area contributed by atoms with Crippen molar-refractivity contribution < 1.29 is 22.7 Å². The summed E-state index contributed by atoms with van der Waals surface area (Å²) in [6.07, 6.45) is -4.82. The van der Waals surface area contributed by atoms with E-state index in [0.717, 1.165) is 12.1 Å². The fourth-order valence-electron chi connectivity index (χ4n) is 2.18. The lowest BCUT2D eigenvalue weighted by atomic mass is 9.90. The Hall–Kier alpha value is -1.24. The maximum atomic E-state index is 12.8. The molecule has 0 aliphatic carbocycles. The number of halogens is 4. The molecule has 2 rings (SSSR count). The highest BCUT2D eigenvalue weighted by atomic mass is 79.9. The van der Waals surface area contributed by atoms with Crippen LogP contribution in [0.2, 0.25) is 0 Å². The minimum Gasteiger partial charge on any atom is -0.444 e. The molecular formula is C15H17BrF3NO2. The van der Waals surface area contributed by atoms with E-state index in [4.69, 9.17) is 4.74 Å². The second kappa shape index (κ2) is 5.76. The van der Waals surface area contributed by atoms with Gasteiger partial charge in [0.1, 0.15) is 5.60 Å². The Morgan fingerprint density at radius 1 is 1.23 bits per heavy atom. The van der Waals surface area contributed by atoms with Crippen LogP contribution in [0, 0.1) is 0 Å². The van der Waals surface area contributed by atoms with Gasteiger partial charge < -0.3 is 9.64 Å². The number of carbonyl (C=O) groups is 1. The van der Waals surface area contributed by atoms with Crippen molar-refractivity contribution >= 4 is 22.0 Å². The maximum Gasteiger partial charge on any atom is 0.416 e. The van der Waals surface area contributed by atoms with Gasteiger partial charge in [0, 0.05) is 23.5 Å². The van der Waals surface area contributed by atoms with E-state index >= 15 is 0 Å². The zero-order valence-corrected chi connectivity index (χ0v) is 14.1. The third kappa shape index (κ3) is 4.15. The Morgan fingerprint density at radius 3 is 2.32 bits per heavy atom. The monoisotopic (exact) mass is 379 g/mol. The number of carbonyl (C=O) groups excluding carboxylic acids is 1. The normalized spacial score (nSPS) is 16.4. The van der Waals surface area contributed by atoms with Gasteiger partial charge in [-0.05, 0) is 44.5 Å². The van der Waals surface area contributed by atoms with Gasteiger partial charge in [0.15, 0.2) is 0 Å². The van der Waals surface area contributed by atoms with Crippen molar-refractivity contribution in [3.63, 3.8) is 0 Å². The molecule has 0 spiro atoms. The summed E-state index contributed by atoms with van der Waals surface area (Å²) in [4.78, 5) is 13.3. The Bertz CT molecular complexity index is 575. The van der Waals surface area contributed by atoms with Crippen LogP contribution in [0.4, 0.5) is 18.0 Å². The van der Waals surface area contributed by atoms with Crippen molar-refractivity contribution in [3.05, 3.63) is 33.8 Å². The van der Waals surface area contributed by atoms with Gasteiger partial charge in [-0.15, -0.1) is 0 Å². The zero-order chi connectivity index (χ0) is 16.7. The first kappa shape index (κ1) is 17.1. The summed E-state index contributed by atoms with van der Waals surface area (Å²) in [6, 6.07) is 3.85. The van der Waals surface area contributed by atoms with Crippen LogP contribution in [0.1, 0.15) is 37.8 Å². The highest BCUT2D eigenvalue weighted by molar-refractivity contribution is 9.10. The minimum absolute atomic E-state index is 0.105. The predicted octanol–water partition coefficient (Wildman–Crippen LogP) is 4.80. The van der Waals surface area contributed by atoms with E-state index < -0.39 is 23.4 Å². The van der Waals surface area contributed by atoms with Gasteiger partial charge >= 0.3 is 12.3 Å². The molecule has 0 radical (unpaired) electrons. The van der Waals surface area contributed by atoms with Crippen molar-refractivity contribution in [2.75, 3.05) is 13.1 Å². The second-order valence-corrected chi connectivity index (χ2v) is 7.27. The molecule has 7 heteroatoms. The fraction of sp³-hybridized carbons (Fsp3) is 0.533. The molecule has 1 aromatic carbocycles. The molecular weight excluding hydrogens is 363 g/mol. The summed E-state index contributed by atoms with van der Waals surface area (Å²) in [5, 5.41) is 0. The molecule has 0 aromatic heterocycles. The van der Waals surface area contributed by atoms with E-state index in [0.29, 0.717) is 23.1 Å². The average molecular weight is 380 g/mol. The zero-order valence-electron chi connectivity index (χ0n) is 12.5. The predicted molar refractivity (Wildman–Crippen MR) is 79.7 cm³/mol. The van der Waals surface area contributed by atoms with E-state index in [2.05, 4.69) is 15.9 Å². The van der Waals surface area contributed by atoms with Crippen LogP contribution in [-0.4, -0.2) is 29.7 Å². The van der Waals surface area contributed by atoms with Crippen molar-refractivity contribution in [1.82, 2.24) is 4.90 Å². The number of nitrogens with zero attached hydrogens (tertiary/aromatic N) is 1. The third-order valence-corrected chi connectivity index (χ3v) is 3.71. The Labute approximate surface area is 135 Å². The van der Waals surface area contributed by atoms with E-state index in [1.54, 1.807) is 26.8 Å². The molecule has 0 atom stereocenters. The molecule has 122 valence electrons. The summed E-state index contributed by atoms with van der Waals surface area (Å²) in [5.74, 6) is -0.105. The molecule has 1 aromatic rings. The lowest BCUT2D eigenvalue weighted by molar-refractivity contribution is -0.137. The van der Waals surface area contributed by atoms with Crippen LogP contribution < -0.4 is 0 Å². The van der Waals surface area contributed by atoms with Crippen LogP contribution in [-0.2, 0) is 10.9 Å². The number of benzene rings is 1. The molecule has 1 aliphatic heterocycles. The van der Waals surface area contributed by atoms with Gasteiger partial charge in [0.25, 0.3) is 0 Å². The summed E-state index contributed by atoms with van der Waals surface area (Å²) in [7, 11) is 0. The number of hydrogen-bond acceptors (Lipinski definition) is 2. The van der Waals surface area contributed by atoms with E-state index in [9.17, 15) is 18.0 Å². The van der Waals surface area contributed by atoms with E-state index in [1.807, 2.05) is 0 Å². The summed E-state index contributed by atoms with van der Waals surface area (Å²) >= 11 is 3.11. The number of ether oxygens (including phenoxy) is 1. The van der Waals surface area contributed by atoms with Crippen molar-refractivity contribution in [2.45, 2.75) is 38.5 Å². The summed E-state index contributed by atoms with van der Waals surface area (Å²) in [5.41, 5.74) is -0.699. The van der Waals surface area contributed by atoms with Crippen molar-refractivity contribution in [3.8, 4) is 0 Å². The minimum atomic E-state index is -4.38. The first-order chi connectivity index (χ1) is 9.95. The van der Waals surface area contributed by atoms with Crippen LogP contribution >= 0.6 is 15.9 Å². The van der Waals surface area contributed by atoms with Gasteiger partial charge in [0.2, 0.25) is 0 Å². The Morgan fingerprint density at radius 2 is 1.82 bits per heavy atom. The standard InChI is InChI=1S/C15H17BrF3NO2/c1-14(2,3)22-13(21)20-7-10(8-20)9-4-11(15(17,18)19)6-12(16)5-9/h4-6,10H,7-8H2,1-3H3. The second-order valence-electron chi connectivity index (χ2n) is 6.35. The number of likely N-dealkylation sites (tertiary alicyclic amines) is 1. The van der Waals surface area contributed by atoms with E-state index in [-0.39, 0.29) is 5.92 Å². The number of rotatable bonds is 1. The molecule has 1 amide bonds. The highest BCUT2D eigenvalue weighted by Gasteiger charge is 2.37. The SMILES string of the molecule is CC(C)(C)OC(=O)N1CC(c2cc(Br)cc(C(F)(F)F)c2)C1. The van der Waals surface area contributed by atoms with Gasteiger partial charge in [0.05, 0.1) is 5.56 Å². The number of alkyl halides is 3. The third-order valence-electron chi connectivity index (χ3n) is 3.25. The molecule has 22 heavy (non-hydrogen) atoms. The van der Waals surface area contributed by atoms with Crippen molar-refractivity contribution in [2.24, 2.45) is 0 Å². The molecule has 0 N–H and O–H groups in total. The average Bonchev–Trinajstić information content (AvgIpc) is 2.21. The summed E-state index contributed by atoms with van der Waals surface area (Å²) < 4.78 is 44.1. The van der Waals surface area contributed by atoms with Crippen LogP contribution in [0.3, 0.4) is 0 Å². The molecule has 0 bridgehead atoms. The molecule has 1 heterocycles. The van der Waals surface area contributed by atoms with Gasteiger partial charge in [-0.3, -0.25) is 0 Å². The first-order valence-electron chi connectivity index (χ1n) is 6.81. The summed E-state index contributed by atoms with van der Waals surface area (Å²) in [6.45, 7) is 6.04. The smallest absolute Gasteiger partial charge is 0.416 e. The Kier molecular flexibility index (Phi) is 4.48. The largest absolute Gasteiger partial charge is 0.444 e. The highest BCUT2D eigenvalue weighted by Crippen LogP contribution is 2.36. The molecule has 1 aliphatic rings. The topological polar surface area (TPSA) is 29.5 Å². The lowest BCUT2D eigenvalue weighted by Gasteiger charge is -2.40. The first-order valence-corrected chi connectivity index (χ1v) is 7.60. The van der Waals surface area contributed by atoms with Crippen LogP contribution in [0.5, 0.6) is 0 Å². The quantitative estimate of drug-likeness (QED) is 0.701. The maximum absolute atomic E-state index is 12.8. The lowest BCUT2D eigenvalue weighted by Crippen LogP contribution is -2.50. The Balaban J connectivity index is 2.05. The molecule has 0 unspecified atom stereocenters.